The molecule has 0 spiro atoms. The van der Waals surface area contributed by atoms with E-state index in [0.717, 1.165) is 27.1 Å². The predicted octanol–water partition coefficient (Wildman–Crippen LogP) is 5.39. The molecule has 1 aromatic heterocycles. The van der Waals surface area contributed by atoms with Crippen molar-refractivity contribution in [3.8, 4) is 10.4 Å². The second kappa shape index (κ2) is 8.85. The lowest BCUT2D eigenvalue weighted by atomic mass is 10.0. The Morgan fingerprint density at radius 2 is 1.79 bits per heavy atom. The Labute approximate surface area is 169 Å². The second-order valence-corrected chi connectivity index (χ2v) is 7.65. The number of hydrogen-bond donors (Lipinski definition) is 1. The molecule has 0 fully saturated rings. The number of carbonyl (C=O) groups excluding carboxylic acids is 2. The minimum Gasteiger partial charge on any atom is -0.462 e. The molecule has 2 aromatic carbocycles. The molecule has 3 aromatic rings. The van der Waals surface area contributed by atoms with Crippen LogP contribution in [0.3, 0.4) is 0 Å². The van der Waals surface area contributed by atoms with Crippen LogP contribution in [0.25, 0.3) is 10.4 Å². The van der Waals surface area contributed by atoms with Gasteiger partial charge in [0.05, 0.1) is 18.7 Å². The number of carbonyl (C=O) groups is 2. The number of rotatable bonds is 6. The lowest BCUT2D eigenvalue weighted by Gasteiger charge is -2.09. The summed E-state index contributed by atoms with van der Waals surface area (Å²) >= 11 is 1.33. The molecule has 1 heterocycles. The maximum Gasteiger partial charge on any atom is 0.350 e. The van der Waals surface area contributed by atoms with Crippen molar-refractivity contribution in [1.29, 1.82) is 0 Å². The molecule has 0 aliphatic carbocycles. The Bertz CT molecular complexity index is 992. The normalized spacial score (nSPS) is 10.5. The van der Waals surface area contributed by atoms with Gasteiger partial charge in [0.2, 0.25) is 5.91 Å². The van der Waals surface area contributed by atoms with Crippen LogP contribution >= 0.6 is 11.3 Å². The van der Waals surface area contributed by atoms with Gasteiger partial charge < -0.3 is 10.1 Å². The van der Waals surface area contributed by atoms with Crippen LogP contribution in [0.1, 0.15) is 33.3 Å². The van der Waals surface area contributed by atoms with E-state index in [1.165, 1.54) is 11.3 Å². The SMILES string of the molecule is CCOC(=O)c1sc(-c2ccccc2)cc1NC(=O)Cc1cc(C)ccc1C. The van der Waals surface area contributed by atoms with E-state index in [2.05, 4.69) is 5.32 Å². The highest BCUT2D eigenvalue weighted by Gasteiger charge is 2.20. The van der Waals surface area contributed by atoms with Gasteiger partial charge in [-0.2, -0.15) is 0 Å². The highest BCUT2D eigenvalue weighted by atomic mass is 32.1. The number of amides is 1. The quantitative estimate of drug-likeness (QED) is 0.571. The first kappa shape index (κ1) is 19.8. The molecule has 0 saturated carbocycles. The van der Waals surface area contributed by atoms with Crippen LogP contribution in [0.5, 0.6) is 0 Å². The number of benzene rings is 2. The third kappa shape index (κ3) is 4.67. The van der Waals surface area contributed by atoms with E-state index in [0.29, 0.717) is 10.6 Å². The molecule has 1 N–H and O–H groups in total. The Morgan fingerprint density at radius 3 is 2.50 bits per heavy atom. The third-order valence-corrected chi connectivity index (χ3v) is 5.55. The monoisotopic (exact) mass is 393 g/mol. The Balaban J connectivity index is 1.87. The van der Waals surface area contributed by atoms with Crippen molar-refractivity contribution in [3.63, 3.8) is 0 Å². The molecule has 144 valence electrons. The summed E-state index contributed by atoms with van der Waals surface area (Å²) in [6.45, 7) is 6.05. The molecule has 3 rings (SSSR count). The summed E-state index contributed by atoms with van der Waals surface area (Å²) in [5, 5.41) is 2.91. The zero-order valence-corrected chi connectivity index (χ0v) is 17.1. The van der Waals surface area contributed by atoms with Gasteiger partial charge in [-0.05, 0) is 43.5 Å². The van der Waals surface area contributed by atoms with E-state index in [-0.39, 0.29) is 18.9 Å². The van der Waals surface area contributed by atoms with E-state index >= 15 is 0 Å². The van der Waals surface area contributed by atoms with Crippen LogP contribution in [0.4, 0.5) is 5.69 Å². The van der Waals surface area contributed by atoms with Crippen LogP contribution < -0.4 is 5.32 Å². The van der Waals surface area contributed by atoms with Gasteiger partial charge in [0.1, 0.15) is 4.88 Å². The van der Waals surface area contributed by atoms with Crippen molar-refractivity contribution in [2.75, 3.05) is 11.9 Å². The maximum absolute atomic E-state index is 12.7. The van der Waals surface area contributed by atoms with Gasteiger partial charge in [-0.25, -0.2) is 4.79 Å². The van der Waals surface area contributed by atoms with Crippen LogP contribution in [0.2, 0.25) is 0 Å². The fourth-order valence-electron chi connectivity index (χ4n) is 2.93. The molecule has 0 aliphatic rings. The zero-order chi connectivity index (χ0) is 20.1. The summed E-state index contributed by atoms with van der Waals surface area (Å²) in [6.07, 6.45) is 0.256. The minimum atomic E-state index is -0.420. The van der Waals surface area contributed by atoms with Gasteiger partial charge in [-0.15, -0.1) is 11.3 Å². The summed E-state index contributed by atoms with van der Waals surface area (Å²) in [7, 11) is 0. The van der Waals surface area contributed by atoms with Gasteiger partial charge in [-0.3, -0.25) is 4.79 Å². The van der Waals surface area contributed by atoms with Crippen molar-refractivity contribution in [2.24, 2.45) is 0 Å². The van der Waals surface area contributed by atoms with Crippen LogP contribution in [-0.4, -0.2) is 18.5 Å². The Kier molecular flexibility index (Phi) is 6.26. The summed E-state index contributed by atoms with van der Waals surface area (Å²) in [4.78, 5) is 26.4. The molecule has 28 heavy (non-hydrogen) atoms. The smallest absolute Gasteiger partial charge is 0.350 e. The third-order valence-electron chi connectivity index (χ3n) is 4.38. The number of hydrogen-bond acceptors (Lipinski definition) is 4. The summed E-state index contributed by atoms with van der Waals surface area (Å²) in [6, 6.07) is 17.7. The molecule has 0 aliphatic heterocycles. The molecule has 1 amide bonds. The minimum absolute atomic E-state index is 0.156. The number of ether oxygens (including phenoxy) is 1. The topological polar surface area (TPSA) is 55.4 Å². The first-order valence-electron chi connectivity index (χ1n) is 9.20. The fraction of sp³-hybridized carbons (Fsp3) is 0.217. The van der Waals surface area contributed by atoms with Crippen molar-refractivity contribution >= 4 is 28.9 Å². The molecule has 0 unspecified atom stereocenters. The standard InChI is InChI=1S/C23H23NO3S/c1-4-27-23(26)22-19(14-20(28-22)17-8-6-5-7-9-17)24-21(25)13-18-12-15(2)10-11-16(18)3/h5-12,14H,4,13H2,1-3H3,(H,24,25). The summed E-state index contributed by atoms with van der Waals surface area (Å²) < 4.78 is 5.17. The fourth-order valence-corrected chi connectivity index (χ4v) is 3.95. The van der Waals surface area contributed by atoms with Crippen LogP contribution in [-0.2, 0) is 16.0 Å². The number of aryl methyl sites for hydroxylation is 2. The first-order valence-corrected chi connectivity index (χ1v) is 10.0. The van der Waals surface area contributed by atoms with Gasteiger partial charge >= 0.3 is 5.97 Å². The predicted molar refractivity (Wildman–Crippen MR) is 114 cm³/mol. The molecule has 0 bridgehead atoms. The van der Waals surface area contributed by atoms with Crippen molar-refractivity contribution < 1.29 is 14.3 Å². The van der Waals surface area contributed by atoms with E-state index in [9.17, 15) is 9.59 Å². The van der Waals surface area contributed by atoms with E-state index < -0.39 is 5.97 Å². The Morgan fingerprint density at radius 1 is 1.04 bits per heavy atom. The Hall–Kier alpha value is -2.92. The lowest BCUT2D eigenvalue weighted by molar-refractivity contribution is -0.115. The van der Waals surface area contributed by atoms with E-state index in [4.69, 9.17) is 4.74 Å². The highest BCUT2D eigenvalue weighted by molar-refractivity contribution is 7.18. The number of anilines is 1. The number of esters is 1. The summed E-state index contributed by atoms with van der Waals surface area (Å²) in [5.74, 6) is -0.576. The van der Waals surface area contributed by atoms with Gasteiger partial charge in [0.25, 0.3) is 0 Å². The number of thiophene rings is 1. The molecule has 0 radical (unpaired) electrons. The summed E-state index contributed by atoms with van der Waals surface area (Å²) in [5.41, 5.74) is 4.66. The van der Waals surface area contributed by atoms with E-state index in [1.807, 2.05) is 68.4 Å². The molecule has 0 saturated heterocycles. The largest absolute Gasteiger partial charge is 0.462 e. The van der Waals surface area contributed by atoms with Crippen LogP contribution in [0, 0.1) is 13.8 Å². The lowest BCUT2D eigenvalue weighted by Crippen LogP contribution is -2.17. The molecule has 0 atom stereocenters. The van der Waals surface area contributed by atoms with Crippen molar-refractivity contribution in [2.45, 2.75) is 27.2 Å². The first-order chi connectivity index (χ1) is 13.5. The molecule has 4 nitrogen and oxygen atoms in total. The number of nitrogens with one attached hydrogen (secondary N) is 1. The van der Waals surface area contributed by atoms with E-state index in [1.54, 1.807) is 6.92 Å². The van der Waals surface area contributed by atoms with Crippen LogP contribution in [0.15, 0.2) is 54.6 Å². The second-order valence-electron chi connectivity index (χ2n) is 6.59. The van der Waals surface area contributed by atoms with Gasteiger partial charge in [-0.1, -0.05) is 54.1 Å². The van der Waals surface area contributed by atoms with Crippen molar-refractivity contribution in [3.05, 3.63) is 76.2 Å². The maximum atomic E-state index is 12.7. The molecular formula is C23H23NO3S. The average molecular weight is 394 g/mol. The van der Waals surface area contributed by atoms with Crippen molar-refractivity contribution in [1.82, 2.24) is 0 Å². The average Bonchev–Trinajstić information content (AvgIpc) is 3.09. The molecular weight excluding hydrogens is 370 g/mol. The highest BCUT2D eigenvalue weighted by Crippen LogP contribution is 2.35. The van der Waals surface area contributed by atoms with Gasteiger partial charge in [0, 0.05) is 4.88 Å². The van der Waals surface area contributed by atoms with Gasteiger partial charge in [0.15, 0.2) is 0 Å². The molecule has 5 heteroatoms. The zero-order valence-electron chi connectivity index (χ0n) is 16.2.